The summed E-state index contributed by atoms with van der Waals surface area (Å²) in [6, 6.07) is 0. The molecule has 0 amide bonds. The molecule has 0 unspecified atom stereocenters. The molecular formula is C22H47NO4. The van der Waals surface area contributed by atoms with E-state index >= 15 is 0 Å². The molecule has 27 heavy (non-hydrogen) atoms. The van der Waals surface area contributed by atoms with Crippen LogP contribution in [0.25, 0.3) is 0 Å². The molecule has 0 radical (unpaired) electrons. The molecule has 0 rings (SSSR count). The molecule has 0 atom stereocenters. The number of nitrogens with zero attached hydrogens (tertiary/aromatic N) is 1. The Balaban J connectivity index is 0. The number of rotatable bonds is 18. The molecular weight excluding hydrogens is 342 g/mol. The molecule has 0 aliphatic carbocycles. The van der Waals surface area contributed by atoms with Crippen molar-refractivity contribution in [1.82, 2.24) is 0 Å². The molecule has 5 nitrogen and oxygen atoms in total. The molecule has 0 saturated heterocycles. The van der Waals surface area contributed by atoms with Crippen LogP contribution in [0.2, 0.25) is 0 Å². The maximum absolute atomic E-state index is 9.01. The van der Waals surface area contributed by atoms with Crippen LogP contribution >= 0.6 is 0 Å². The zero-order valence-corrected chi connectivity index (χ0v) is 18.4. The lowest BCUT2D eigenvalue weighted by Crippen LogP contribution is -2.42. The van der Waals surface area contributed by atoms with E-state index < -0.39 is 12.6 Å². The highest BCUT2D eigenvalue weighted by Crippen LogP contribution is 2.13. The standard InChI is InChI=1S/C20H44NO.C2H4O3/c1-4-5-6-7-8-9-10-11-12-13-14-15-16-17-18-21(2,3)19-20-22;3-1-2(4)5/h22H,4-20H2,1-3H3;3H,1H2,(H,4,5)/q+1;/p-1. The van der Waals surface area contributed by atoms with Crippen molar-refractivity contribution in [1.29, 1.82) is 0 Å². The van der Waals surface area contributed by atoms with Crippen LogP contribution in [-0.2, 0) is 4.79 Å². The van der Waals surface area contributed by atoms with E-state index in [1.807, 2.05) is 0 Å². The average molecular weight is 390 g/mol. The summed E-state index contributed by atoms with van der Waals surface area (Å²) in [7, 11) is 4.44. The molecule has 0 fully saturated rings. The second-order valence-corrected chi connectivity index (χ2v) is 8.23. The number of quaternary nitrogens is 1. The van der Waals surface area contributed by atoms with E-state index in [9.17, 15) is 0 Å². The fraction of sp³-hybridized carbons (Fsp3) is 0.955. The van der Waals surface area contributed by atoms with Gasteiger partial charge in [0.2, 0.25) is 0 Å². The minimum Gasteiger partial charge on any atom is -0.548 e. The van der Waals surface area contributed by atoms with Gasteiger partial charge < -0.3 is 24.6 Å². The van der Waals surface area contributed by atoms with E-state index in [1.54, 1.807) is 0 Å². The van der Waals surface area contributed by atoms with E-state index in [-0.39, 0.29) is 0 Å². The largest absolute Gasteiger partial charge is 0.548 e. The molecule has 0 aliphatic heterocycles. The van der Waals surface area contributed by atoms with Crippen LogP contribution in [0.3, 0.4) is 0 Å². The number of hydrogen-bond donors (Lipinski definition) is 2. The molecule has 0 bridgehead atoms. The number of aliphatic hydroxyl groups is 2. The van der Waals surface area contributed by atoms with Crippen LogP contribution in [0.5, 0.6) is 0 Å². The van der Waals surface area contributed by atoms with Crippen LogP contribution in [0.4, 0.5) is 0 Å². The van der Waals surface area contributed by atoms with Crippen LogP contribution in [-0.4, -0.2) is 61.1 Å². The van der Waals surface area contributed by atoms with Crippen LogP contribution in [0, 0.1) is 0 Å². The van der Waals surface area contributed by atoms with E-state index in [0.29, 0.717) is 6.61 Å². The molecule has 2 N–H and O–H groups in total. The van der Waals surface area contributed by atoms with Crippen LogP contribution in [0.1, 0.15) is 96.8 Å². The van der Waals surface area contributed by atoms with Gasteiger partial charge in [0, 0.05) is 0 Å². The third-order valence-corrected chi connectivity index (χ3v) is 4.95. The highest BCUT2D eigenvalue weighted by atomic mass is 16.4. The van der Waals surface area contributed by atoms with E-state index in [4.69, 9.17) is 20.1 Å². The van der Waals surface area contributed by atoms with Gasteiger partial charge in [0.1, 0.15) is 6.54 Å². The summed E-state index contributed by atoms with van der Waals surface area (Å²) in [4.78, 5) is 9.01. The molecule has 164 valence electrons. The van der Waals surface area contributed by atoms with Crippen molar-refractivity contribution < 1.29 is 24.6 Å². The zero-order valence-electron chi connectivity index (χ0n) is 18.4. The van der Waals surface area contributed by atoms with Crippen molar-refractivity contribution in [3.05, 3.63) is 0 Å². The Hall–Kier alpha value is -0.650. The predicted molar refractivity (Wildman–Crippen MR) is 111 cm³/mol. The van der Waals surface area contributed by atoms with Gasteiger partial charge >= 0.3 is 0 Å². The van der Waals surface area contributed by atoms with E-state index in [1.165, 1.54) is 96.4 Å². The number of hydrogen-bond acceptors (Lipinski definition) is 4. The zero-order chi connectivity index (χ0) is 20.8. The number of carbonyl (C=O) groups is 1. The van der Waals surface area contributed by atoms with Gasteiger partial charge in [-0.25, -0.2) is 0 Å². The minimum absolute atomic E-state index is 0.311. The smallest absolute Gasteiger partial charge is 0.102 e. The summed E-state index contributed by atoms with van der Waals surface area (Å²) in [5.74, 6) is -1.44. The van der Waals surface area contributed by atoms with Gasteiger partial charge in [-0.2, -0.15) is 0 Å². The Morgan fingerprint density at radius 3 is 1.33 bits per heavy atom. The summed E-state index contributed by atoms with van der Waals surface area (Å²) in [5.41, 5.74) is 0. The number of unbranched alkanes of at least 4 members (excludes halogenated alkanes) is 13. The van der Waals surface area contributed by atoms with Gasteiger partial charge in [0.05, 0.1) is 39.8 Å². The Kier molecular flexibility index (Phi) is 22.9. The van der Waals surface area contributed by atoms with Gasteiger partial charge in [0.15, 0.2) is 0 Å². The van der Waals surface area contributed by atoms with Gasteiger partial charge in [-0.1, -0.05) is 84.0 Å². The van der Waals surface area contributed by atoms with Crippen LogP contribution < -0.4 is 5.11 Å². The first-order valence-corrected chi connectivity index (χ1v) is 11.1. The molecule has 0 spiro atoms. The third kappa shape index (κ3) is 27.7. The minimum atomic E-state index is -1.44. The second kappa shape index (κ2) is 21.6. The SMILES string of the molecule is CCCCCCCCCCCCCCCC[N+](C)(C)CCO.O=C([O-])CO. The van der Waals surface area contributed by atoms with Gasteiger partial charge in [-0.15, -0.1) is 0 Å². The molecule has 0 heterocycles. The summed E-state index contributed by atoms with van der Waals surface area (Å²) >= 11 is 0. The molecule has 0 aromatic carbocycles. The summed E-state index contributed by atoms with van der Waals surface area (Å²) in [6.07, 6.45) is 19.9. The average Bonchev–Trinajstić information content (AvgIpc) is 2.62. The molecule has 0 saturated carbocycles. The fourth-order valence-electron chi connectivity index (χ4n) is 3.12. The Bertz CT molecular complexity index is 309. The fourth-order valence-corrected chi connectivity index (χ4v) is 3.12. The number of carboxylic acids is 1. The Labute approximate surface area is 168 Å². The number of likely N-dealkylation sites (N-methyl/N-ethyl adjacent to an activating group) is 1. The first kappa shape index (κ1) is 28.6. The molecule has 0 aromatic heterocycles. The summed E-state index contributed by atoms with van der Waals surface area (Å²) < 4.78 is 0.967. The Morgan fingerprint density at radius 1 is 0.704 bits per heavy atom. The first-order chi connectivity index (χ1) is 12.9. The Morgan fingerprint density at radius 2 is 1.04 bits per heavy atom. The van der Waals surface area contributed by atoms with Crippen LogP contribution in [0.15, 0.2) is 0 Å². The van der Waals surface area contributed by atoms with E-state index in [0.717, 1.165) is 11.0 Å². The van der Waals surface area contributed by atoms with Gasteiger partial charge in [-0.05, 0) is 12.8 Å². The van der Waals surface area contributed by atoms with Gasteiger partial charge in [-0.3, -0.25) is 0 Å². The maximum atomic E-state index is 9.01. The quantitative estimate of drug-likeness (QED) is 0.278. The van der Waals surface area contributed by atoms with Crippen molar-refractivity contribution in [2.24, 2.45) is 0 Å². The number of aliphatic hydroxyl groups excluding tert-OH is 2. The molecule has 0 aliphatic rings. The number of carboxylic acid groups (broad SMARTS) is 1. The summed E-state index contributed by atoms with van der Waals surface area (Å²) in [5, 5.41) is 25.5. The topological polar surface area (TPSA) is 80.6 Å². The van der Waals surface area contributed by atoms with Gasteiger partial charge in [0.25, 0.3) is 0 Å². The predicted octanol–water partition coefficient (Wildman–Crippen LogP) is 3.27. The monoisotopic (exact) mass is 389 g/mol. The molecule has 5 heteroatoms. The second-order valence-electron chi connectivity index (χ2n) is 8.23. The summed E-state index contributed by atoms with van der Waals surface area (Å²) in [6.45, 7) is 3.80. The normalized spacial score (nSPS) is 11.1. The highest BCUT2D eigenvalue weighted by Gasteiger charge is 2.12. The molecule has 0 aromatic rings. The third-order valence-electron chi connectivity index (χ3n) is 4.95. The van der Waals surface area contributed by atoms with Crippen molar-refractivity contribution in [3.8, 4) is 0 Å². The van der Waals surface area contributed by atoms with Crippen molar-refractivity contribution in [2.45, 2.75) is 96.8 Å². The highest BCUT2D eigenvalue weighted by molar-refractivity contribution is 5.65. The lowest BCUT2D eigenvalue weighted by molar-refractivity contribution is -0.890. The first-order valence-electron chi connectivity index (χ1n) is 11.1. The lowest BCUT2D eigenvalue weighted by Gasteiger charge is -2.28. The van der Waals surface area contributed by atoms with Crippen molar-refractivity contribution in [3.63, 3.8) is 0 Å². The number of carbonyl (C=O) groups excluding carboxylic acids is 1. The lowest BCUT2D eigenvalue weighted by atomic mass is 10.0. The van der Waals surface area contributed by atoms with E-state index in [2.05, 4.69) is 21.0 Å². The van der Waals surface area contributed by atoms with Crippen molar-refractivity contribution in [2.75, 3.05) is 40.4 Å². The van der Waals surface area contributed by atoms with Crippen molar-refractivity contribution >= 4 is 5.97 Å². The maximum Gasteiger partial charge on any atom is 0.102 e. The number of aliphatic carboxylic acids is 1.